The predicted molar refractivity (Wildman–Crippen MR) is 70.3 cm³/mol. The molecule has 1 fully saturated rings. The molecule has 1 aliphatic heterocycles. The lowest BCUT2D eigenvalue weighted by Crippen LogP contribution is -2.42. The first kappa shape index (κ1) is 13.3. The van der Waals surface area contributed by atoms with Gasteiger partial charge in [0.05, 0.1) is 11.9 Å². The Labute approximate surface area is 107 Å². The lowest BCUT2D eigenvalue weighted by molar-refractivity contribution is 0.108. The van der Waals surface area contributed by atoms with Crippen LogP contribution in [0.25, 0.3) is 0 Å². The molecule has 0 radical (unpaired) electrons. The zero-order valence-electron chi connectivity index (χ0n) is 10.1. The smallest absolute Gasteiger partial charge is 0.218 e. The van der Waals surface area contributed by atoms with Crippen LogP contribution in [0.4, 0.5) is 5.69 Å². The molecule has 100 valence electrons. The van der Waals surface area contributed by atoms with Gasteiger partial charge in [-0.3, -0.25) is 0 Å². The molecule has 5 nitrogen and oxygen atoms in total. The molecule has 6 heteroatoms. The van der Waals surface area contributed by atoms with Crippen LogP contribution in [0.3, 0.4) is 0 Å². The largest absolute Gasteiger partial charge is 0.399 e. The number of aliphatic hydroxyl groups excluding tert-OH is 1. The van der Waals surface area contributed by atoms with Gasteiger partial charge in [0.15, 0.2) is 0 Å². The fourth-order valence-corrected chi connectivity index (χ4v) is 3.75. The average Bonchev–Trinajstić information content (AvgIpc) is 2.28. The molecule has 0 aromatic heterocycles. The molecule has 1 saturated heterocycles. The van der Waals surface area contributed by atoms with E-state index in [1.54, 1.807) is 24.3 Å². The Balaban J connectivity index is 2.11. The number of anilines is 1. The van der Waals surface area contributed by atoms with Crippen LogP contribution in [0.1, 0.15) is 18.4 Å². The van der Waals surface area contributed by atoms with Crippen molar-refractivity contribution in [1.29, 1.82) is 0 Å². The van der Waals surface area contributed by atoms with Crippen molar-refractivity contribution >= 4 is 15.7 Å². The standard InChI is InChI=1S/C12H18N2O3S/c13-11-4-1-3-10(7-11)9-18(16,17)14-6-2-5-12(15)8-14/h1,3-4,7,12,15H,2,5-6,8-9,13H2. The molecule has 0 aliphatic carbocycles. The van der Waals surface area contributed by atoms with E-state index in [0.29, 0.717) is 30.6 Å². The van der Waals surface area contributed by atoms with E-state index in [4.69, 9.17) is 5.73 Å². The monoisotopic (exact) mass is 270 g/mol. The SMILES string of the molecule is Nc1cccc(CS(=O)(=O)N2CCCC(O)C2)c1. The van der Waals surface area contributed by atoms with Crippen LogP contribution in [-0.4, -0.2) is 37.0 Å². The highest BCUT2D eigenvalue weighted by Crippen LogP contribution is 2.18. The lowest BCUT2D eigenvalue weighted by Gasteiger charge is -2.29. The third kappa shape index (κ3) is 3.22. The van der Waals surface area contributed by atoms with Crippen LogP contribution in [-0.2, 0) is 15.8 Å². The second-order valence-electron chi connectivity index (χ2n) is 4.66. The molecule has 1 heterocycles. The van der Waals surface area contributed by atoms with Crippen LogP contribution in [0, 0.1) is 0 Å². The van der Waals surface area contributed by atoms with Gasteiger partial charge in [0.25, 0.3) is 0 Å². The zero-order chi connectivity index (χ0) is 13.2. The Hall–Kier alpha value is -1.11. The Morgan fingerprint density at radius 1 is 1.44 bits per heavy atom. The number of nitrogen functional groups attached to an aromatic ring is 1. The fourth-order valence-electron chi connectivity index (χ4n) is 2.16. The second-order valence-corrected chi connectivity index (χ2v) is 6.62. The molecular formula is C12H18N2O3S. The van der Waals surface area contributed by atoms with Crippen LogP contribution in [0.2, 0.25) is 0 Å². The number of nitrogens with two attached hydrogens (primary N) is 1. The van der Waals surface area contributed by atoms with Crippen molar-refractivity contribution in [3.8, 4) is 0 Å². The number of piperidine rings is 1. The maximum absolute atomic E-state index is 12.2. The maximum Gasteiger partial charge on any atom is 0.218 e. The molecule has 0 spiro atoms. The van der Waals surface area contributed by atoms with Gasteiger partial charge in [-0.1, -0.05) is 12.1 Å². The molecule has 0 amide bonds. The summed E-state index contributed by atoms with van der Waals surface area (Å²) in [4.78, 5) is 0. The van der Waals surface area contributed by atoms with E-state index < -0.39 is 16.1 Å². The van der Waals surface area contributed by atoms with Gasteiger partial charge in [-0.25, -0.2) is 8.42 Å². The number of rotatable bonds is 3. The zero-order valence-corrected chi connectivity index (χ0v) is 10.9. The number of benzene rings is 1. The van der Waals surface area contributed by atoms with Crippen LogP contribution in [0.15, 0.2) is 24.3 Å². The number of aliphatic hydroxyl groups is 1. The van der Waals surface area contributed by atoms with Gasteiger partial charge in [0.1, 0.15) is 0 Å². The first-order chi connectivity index (χ1) is 8.47. The minimum atomic E-state index is -3.37. The number of nitrogens with zero attached hydrogens (tertiary/aromatic N) is 1. The maximum atomic E-state index is 12.2. The molecule has 0 saturated carbocycles. The Morgan fingerprint density at radius 2 is 2.22 bits per heavy atom. The molecule has 1 unspecified atom stereocenters. The van der Waals surface area contributed by atoms with E-state index in [9.17, 15) is 13.5 Å². The molecule has 1 aromatic carbocycles. The molecule has 1 aromatic rings. The van der Waals surface area contributed by atoms with Gasteiger partial charge < -0.3 is 10.8 Å². The van der Waals surface area contributed by atoms with Gasteiger partial charge in [-0.05, 0) is 30.5 Å². The van der Waals surface area contributed by atoms with E-state index in [1.165, 1.54) is 4.31 Å². The van der Waals surface area contributed by atoms with Crippen molar-refractivity contribution in [2.75, 3.05) is 18.8 Å². The number of hydrogen-bond acceptors (Lipinski definition) is 4. The number of β-amino-alcohol motifs (C(OH)–C–C–N with tert-alkyl or cyclic N) is 1. The van der Waals surface area contributed by atoms with Crippen LogP contribution >= 0.6 is 0 Å². The summed E-state index contributed by atoms with van der Waals surface area (Å²) in [6.07, 6.45) is 0.830. The highest BCUT2D eigenvalue weighted by molar-refractivity contribution is 7.88. The van der Waals surface area contributed by atoms with E-state index >= 15 is 0 Å². The van der Waals surface area contributed by atoms with E-state index in [-0.39, 0.29) is 12.3 Å². The lowest BCUT2D eigenvalue weighted by atomic mass is 10.1. The summed E-state index contributed by atoms with van der Waals surface area (Å²) in [7, 11) is -3.37. The summed E-state index contributed by atoms with van der Waals surface area (Å²) in [6.45, 7) is 0.687. The first-order valence-electron chi connectivity index (χ1n) is 5.98. The summed E-state index contributed by atoms with van der Waals surface area (Å²) in [5.74, 6) is -0.0647. The molecule has 1 aliphatic rings. The third-order valence-electron chi connectivity index (χ3n) is 3.05. The quantitative estimate of drug-likeness (QED) is 0.786. The van der Waals surface area contributed by atoms with Gasteiger partial charge in [-0.2, -0.15) is 4.31 Å². The van der Waals surface area contributed by atoms with Gasteiger partial charge in [0, 0.05) is 18.8 Å². The molecule has 0 bridgehead atoms. The third-order valence-corrected chi connectivity index (χ3v) is 4.87. The fraction of sp³-hybridized carbons (Fsp3) is 0.500. The minimum absolute atomic E-state index is 0.0647. The van der Waals surface area contributed by atoms with E-state index in [1.807, 2.05) is 0 Å². The number of sulfonamides is 1. The van der Waals surface area contributed by atoms with Gasteiger partial charge in [0.2, 0.25) is 10.0 Å². The Bertz CT molecular complexity index is 516. The normalized spacial score (nSPS) is 21.9. The summed E-state index contributed by atoms with van der Waals surface area (Å²) in [5.41, 5.74) is 6.86. The van der Waals surface area contributed by atoms with E-state index in [0.717, 1.165) is 0 Å². The highest BCUT2D eigenvalue weighted by Gasteiger charge is 2.27. The average molecular weight is 270 g/mol. The van der Waals surface area contributed by atoms with Crippen molar-refractivity contribution in [1.82, 2.24) is 4.31 Å². The molecule has 18 heavy (non-hydrogen) atoms. The Kier molecular flexibility index (Phi) is 3.89. The van der Waals surface area contributed by atoms with Crippen LogP contribution < -0.4 is 5.73 Å². The second kappa shape index (κ2) is 5.26. The summed E-state index contributed by atoms with van der Waals surface area (Å²) in [5, 5.41) is 9.53. The predicted octanol–water partition coefficient (Wildman–Crippen LogP) is 0.555. The van der Waals surface area contributed by atoms with Crippen molar-refractivity contribution in [2.45, 2.75) is 24.7 Å². The molecular weight excluding hydrogens is 252 g/mol. The Morgan fingerprint density at radius 3 is 2.89 bits per heavy atom. The van der Waals surface area contributed by atoms with Gasteiger partial charge >= 0.3 is 0 Å². The van der Waals surface area contributed by atoms with Crippen molar-refractivity contribution in [3.63, 3.8) is 0 Å². The molecule has 2 rings (SSSR count). The topological polar surface area (TPSA) is 83.6 Å². The summed E-state index contributed by atoms with van der Waals surface area (Å²) in [6, 6.07) is 6.87. The van der Waals surface area contributed by atoms with Crippen molar-refractivity contribution in [3.05, 3.63) is 29.8 Å². The van der Waals surface area contributed by atoms with Crippen LogP contribution in [0.5, 0.6) is 0 Å². The summed E-state index contributed by atoms with van der Waals surface area (Å²) >= 11 is 0. The molecule has 1 atom stereocenters. The number of hydrogen-bond donors (Lipinski definition) is 2. The van der Waals surface area contributed by atoms with E-state index in [2.05, 4.69) is 0 Å². The first-order valence-corrected chi connectivity index (χ1v) is 7.58. The van der Waals surface area contributed by atoms with Gasteiger partial charge in [-0.15, -0.1) is 0 Å². The minimum Gasteiger partial charge on any atom is -0.399 e. The molecule has 3 N–H and O–H groups in total. The summed E-state index contributed by atoms with van der Waals surface area (Å²) < 4.78 is 25.7. The van der Waals surface area contributed by atoms with Crippen molar-refractivity contribution < 1.29 is 13.5 Å². The highest BCUT2D eigenvalue weighted by atomic mass is 32.2. The van der Waals surface area contributed by atoms with Crippen molar-refractivity contribution in [2.24, 2.45) is 0 Å².